The van der Waals surface area contributed by atoms with E-state index in [1.54, 1.807) is 0 Å². The Kier molecular flexibility index (Phi) is 10.4. The molecule has 1 aliphatic heterocycles. The van der Waals surface area contributed by atoms with Gasteiger partial charge in [0.05, 0.1) is 6.42 Å². The summed E-state index contributed by atoms with van der Waals surface area (Å²) in [4.78, 5) is 15.0. The Balaban J connectivity index is 0. The quantitative estimate of drug-likeness (QED) is 0.839. The van der Waals surface area contributed by atoms with Gasteiger partial charge in [0.15, 0.2) is 0 Å². The average molecular weight is 273 g/mol. The molecule has 0 aromatic carbocycles. The highest BCUT2D eigenvalue weighted by molar-refractivity contribution is 5.85. The molecular formula is C10H22Cl2N2O2. The minimum atomic E-state index is -0.698. The topological polar surface area (TPSA) is 43.8 Å². The average Bonchev–Trinajstić information content (AvgIpc) is 2.15. The first-order valence-corrected chi connectivity index (χ1v) is 5.28. The van der Waals surface area contributed by atoms with Crippen molar-refractivity contribution in [2.24, 2.45) is 0 Å². The third kappa shape index (κ3) is 6.53. The van der Waals surface area contributed by atoms with Crippen molar-refractivity contribution in [3.63, 3.8) is 0 Å². The molecule has 6 heteroatoms. The van der Waals surface area contributed by atoms with Crippen LogP contribution in [0.5, 0.6) is 0 Å². The highest BCUT2D eigenvalue weighted by Crippen LogP contribution is 2.05. The number of carboxylic acids is 1. The SMILES string of the molecule is CC(C)N1CCN(CCC(=O)O)CC1.Cl.Cl. The van der Waals surface area contributed by atoms with Gasteiger partial charge >= 0.3 is 5.97 Å². The van der Waals surface area contributed by atoms with Crippen LogP contribution < -0.4 is 0 Å². The number of hydrogen-bond acceptors (Lipinski definition) is 3. The number of aliphatic carboxylic acids is 1. The van der Waals surface area contributed by atoms with E-state index in [1.807, 2.05) is 0 Å². The van der Waals surface area contributed by atoms with Gasteiger partial charge in [0, 0.05) is 38.8 Å². The summed E-state index contributed by atoms with van der Waals surface area (Å²) in [6.45, 7) is 9.24. The Hall–Kier alpha value is -0.0300. The molecule has 0 bridgehead atoms. The summed E-state index contributed by atoms with van der Waals surface area (Å²) in [6, 6.07) is 0.608. The number of carboxylic acid groups (broad SMARTS) is 1. The molecule has 1 saturated heterocycles. The molecule has 0 aromatic rings. The molecule has 0 saturated carbocycles. The number of carbonyl (C=O) groups is 1. The van der Waals surface area contributed by atoms with Crippen molar-refractivity contribution in [1.29, 1.82) is 0 Å². The number of halogens is 2. The fraction of sp³-hybridized carbons (Fsp3) is 0.900. The van der Waals surface area contributed by atoms with Crippen LogP contribution in [-0.2, 0) is 4.79 Å². The molecule has 0 aliphatic carbocycles. The molecular weight excluding hydrogens is 251 g/mol. The lowest BCUT2D eigenvalue weighted by Crippen LogP contribution is -2.49. The third-order valence-electron chi connectivity index (χ3n) is 2.78. The van der Waals surface area contributed by atoms with Gasteiger partial charge in [-0.2, -0.15) is 0 Å². The molecule has 16 heavy (non-hydrogen) atoms. The molecule has 0 spiro atoms. The normalized spacial score (nSPS) is 17.7. The Morgan fingerprint density at radius 1 is 1.19 bits per heavy atom. The summed E-state index contributed by atoms with van der Waals surface area (Å²) in [7, 11) is 0. The Morgan fingerprint density at radius 3 is 2.06 bits per heavy atom. The van der Waals surface area contributed by atoms with Crippen LogP contribution in [-0.4, -0.2) is 59.6 Å². The Bertz CT molecular complexity index is 195. The van der Waals surface area contributed by atoms with Crippen LogP contribution >= 0.6 is 24.8 Å². The molecule has 0 radical (unpaired) electrons. The van der Waals surface area contributed by atoms with E-state index in [1.165, 1.54) is 0 Å². The summed E-state index contributed by atoms with van der Waals surface area (Å²) in [5.74, 6) is -0.698. The van der Waals surface area contributed by atoms with Gasteiger partial charge in [-0.1, -0.05) is 0 Å². The van der Waals surface area contributed by atoms with Gasteiger partial charge in [0.1, 0.15) is 0 Å². The fourth-order valence-electron chi connectivity index (χ4n) is 1.76. The second kappa shape index (κ2) is 9.05. The maximum atomic E-state index is 10.4. The lowest BCUT2D eigenvalue weighted by atomic mass is 10.2. The Labute approximate surface area is 110 Å². The summed E-state index contributed by atoms with van der Waals surface area (Å²) in [6.07, 6.45) is 0.266. The molecule has 1 heterocycles. The van der Waals surface area contributed by atoms with E-state index in [4.69, 9.17) is 5.11 Å². The van der Waals surface area contributed by atoms with Crippen molar-refractivity contribution in [3.05, 3.63) is 0 Å². The zero-order valence-corrected chi connectivity index (χ0v) is 11.5. The molecule has 1 aliphatic rings. The molecule has 4 nitrogen and oxygen atoms in total. The van der Waals surface area contributed by atoms with E-state index in [0.29, 0.717) is 12.6 Å². The molecule has 98 valence electrons. The number of hydrogen-bond donors (Lipinski definition) is 1. The van der Waals surface area contributed by atoms with Crippen molar-refractivity contribution >= 4 is 30.8 Å². The van der Waals surface area contributed by atoms with Crippen LogP contribution in [0.2, 0.25) is 0 Å². The maximum absolute atomic E-state index is 10.4. The summed E-state index contributed by atoms with van der Waals surface area (Å²) < 4.78 is 0. The minimum absolute atomic E-state index is 0. The van der Waals surface area contributed by atoms with Gasteiger partial charge in [-0.3, -0.25) is 9.69 Å². The highest BCUT2D eigenvalue weighted by Gasteiger charge is 2.18. The van der Waals surface area contributed by atoms with Gasteiger partial charge in [0.2, 0.25) is 0 Å². The second-order valence-corrected chi connectivity index (χ2v) is 4.12. The van der Waals surface area contributed by atoms with E-state index in [9.17, 15) is 4.79 Å². The summed E-state index contributed by atoms with van der Waals surface area (Å²) >= 11 is 0. The largest absolute Gasteiger partial charge is 0.481 e. The van der Waals surface area contributed by atoms with Crippen molar-refractivity contribution in [3.8, 4) is 0 Å². The van der Waals surface area contributed by atoms with Crippen LogP contribution in [0.1, 0.15) is 20.3 Å². The molecule has 1 N–H and O–H groups in total. The van der Waals surface area contributed by atoms with Crippen LogP contribution in [0.3, 0.4) is 0 Å². The molecule has 0 aromatic heterocycles. The van der Waals surface area contributed by atoms with Gasteiger partial charge in [-0.05, 0) is 13.8 Å². The zero-order valence-electron chi connectivity index (χ0n) is 9.89. The van der Waals surface area contributed by atoms with E-state index >= 15 is 0 Å². The molecule has 1 rings (SSSR count). The van der Waals surface area contributed by atoms with E-state index < -0.39 is 5.97 Å². The standard InChI is InChI=1S/C10H20N2O2.2ClH/c1-9(2)12-7-5-11(6-8-12)4-3-10(13)14;;/h9H,3-8H2,1-2H3,(H,13,14);2*1H. The second-order valence-electron chi connectivity index (χ2n) is 4.12. The first-order valence-electron chi connectivity index (χ1n) is 5.28. The predicted molar refractivity (Wildman–Crippen MR) is 69.9 cm³/mol. The van der Waals surface area contributed by atoms with Gasteiger partial charge in [-0.25, -0.2) is 0 Å². The van der Waals surface area contributed by atoms with Gasteiger partial charge < -0.3 is 10.0 Å². The van der Waals surface area contributed by atoms with Gasteiger partial charge in [-0.15, -0.1) is 24.8 Å². The van der Waals surface area contributed by atoms with E-state index in [0.717, 1.165) is 26.2 Å². The van der Waals surface area contributed by atoms with Crippen molar-refractivity contribution in [2.45, 2.75) is 26.3 Å². The summed E-state index contributed by atoms with van der Waals surface area (Å²) in [5.41, 5.74) is 0. The van der Waals surface area contributed by atoms with E-state index in [-0.39, 0.29) is 31.2 Å². The highest BCUT2D eigenvalue weighted by atomic mass is 35.5. The third-order valence-corrected chi connectivity index (χ3v) is 2.78. The van der Waals surface area contributed by atoms with Gasteiger partial charge in [0.25, 0.3) is 0 Å². The number of piperazine rings is 1. The number of nitrogens with zero attached hydrogens (tertiary/aromatic N) is 2. The summed E-state index contributed by atoms with van der Waals surface area (Å²) in [5, 5.41) is 8.55. The monoisotopic (exact) mass is 272 g/mol. The van der Waals surface area contributed by atoms with Crippen LogP contribution in [0.4, 0.5) is 0 Å². The predicted octanol–water partition coefficient (Wildman–Crippen LogP) is 1.33. The first kappa shape index (κ1) is 18.3. The molecule has 0 atom stereocenters. The van der Waals surface area contributed by atoms with Crippen LogP contribution in [0, 0.1) is 0 Å². The Morgan fingerprint density at radius 2 is 1.69 bits per heavy atom. The smallest absolute Gasteiger partial charge is 0.304 e. The van der Waals surface area contributed by atoms with Crippen LogP contribution in [0.25, 0.3) is 0 Å². The fourth-order valence-corrected chi connectivity index (χ4v) is 1.76. The molecule has 0 amide bonds. The van der Waals surface area contributed by atoms with Crippen molar-refractivity contribution in [2.75, 3.05) is 32.7 Å². The lowest BCUT2D eigenvalue weighted by Gasteiger charge is -2.36. The van der Waals surface area contributed by atoms with E-state index in [2.05, 4.69) is 23.6 Å². The minimum Gasteiger partial charge on any atom is -0.481 e. The molecule has 1 fully saturated rings. The molecule has 0 unspecified atom stereocenters. The zero-order chi connectivity index (χ0) is 10.6. The van der Waals surface area contributed by atoms with Crippen molar-refractivity contribution in [1.82, 2.24) is 9.80 Å². The lowest BCUT2D eigenvalue weighted by molar-refractivity contribution is -0.137. The first-order chi connectivity index (χ1) is 6.59. The number of rotatable bonds is 4. The maximum Gasteiger partial charge on any atom is 0.304 e. The van der Waals surface area contributed by atoms with Crippen molar-refractivity contribution < 1.29 is 9.90 Å². The van der Waals surface area contributed by atoms with Crippen LogP contribution in [0.15, 0.2) is 0 Å².